The van der Waals surface area contributed by atoms with Crippen LogP contribution in [-0.2, 0) is 4.79 Å². The van der Waals surface area contributed by atoms with Gasteiger partial charge in [0.15, 0.2) is 6.10 Å². The Bertz CT molecular complexity index is 630. The van der Waals surface area contributed by atoms with E-state index in [9.17, 15) is 4.79 Å². The van der Waals surface area contributed by atoms with Crippen LogP contribution in [-0.4, -0.2) is 18.1 Å². The average Bonchev–Trinajstić information content (AvgIpc) is 3.09. The summed E-state index contributed by atoms with van der Waals surface area (Å²) in [6.07, 6.45) is 4.12. The standard InChI is InChI=1S/C20H23NO2/c1-15(20(22)21-18-9-5-6-10-18)23-19-13-11-17(12-14-19)16-7-3-2-4-8-16/h2-4,7-8,11-15,18H,5-6,9-10H2,1H3,(H,21,22)/t15-/m1/s1. The van der Waals surface area contributed by atoms with Gasteiger partial charge in [-0.25, -0.2) is 0 Å². The van der Waals surface area contributed by atoms with Crippen LogP contribution < -0.4 is 10.1 Å². The number of carbonyl (C=O) groups is 1. The van der Waals surface area contributed by atoms with E-state index in [1.807, 2.05) is 42.5 Å². The fourth-order valence-electron chi connectivity index (χ4n) is 3.00. The van der Waals surface area contributed by atoms with Crippen LogP contribution >= 0.6 is 0 Å². The molecule has 1 saturated carbocycles. The van der Waals surface area contributed by atoms with E-state index < -0.39 is 6.10 Å². The molecule has 1 amide bonds. The Morgan fingerprint density at radius 2 is 1.61 bits per heavy atom. The third-order valence-electron chi connectivity index (χ3n) is 4.35. The van der Waals surface area contributed by atoms with E-state index in [-0.39, 0.29) is 5.91 Å². The molecule has 0 saturated heterocycles. The predicted molar refractivity (Wildman–Crippen MR) is 92.4 cm³/mol. The molecular formula is C20H23NO2. The number of hydrogen-bond donors (Lipinski definition) is 1. The highest BCUT2D eigenvalue weighted by Crippen LogP contribution is 2.23. The molecule has 0 heterocycles. The molecule has 1 fully saturated rings. The lowest BCUT2D eigenvalue weighted by Gasteiger charge is -2.18. The van der Waals surface area contributed by atoms with Crippen LogP contribution in [0.25, 0.3) is 11.1 Å². The van der Waals surface area contributed by atoms with Crippen LogP contribution in [0.2, 0.25) is 0 Å². The van der Waals surface area contributed by atoms with Gasteiger partial charge in [0, 0.05) is 6.04 Å². The molecule has 0 radical (unpaired) electrons. The number of hydrogen-bond acceptors (Lipinski definition) is 2. The van der Waals surface area contributed by atoms with Gasteiger partial charge < -0.3 is 10.1 Å². The van der Waals surface area contributed by atoms with Crippen molar-refractivity contribution in [2.45, 2.75) is 44.8 Å². The van der Waals surface area contributed by atoms with Gasteiger partial charge in [0.05, 0.1) is 0 Å². The minimum Gasteiger partial charge on any atom is -0.481 e. The summed E-state index contributed by atoms with van der Waals surface area (Å²) in [6, 6.07) is 18.4. The summed E-state index contributed by atoms with van der Waals surface area (Å²) in [4.78, 5) is 12.2. The van der Waals surface area contributed by atoms with Crippen molar-refractivity contribution in [3.05, 3.63) is 54.6 Å². The van der Waals surface area contributed by atoms with E-state index in [0.29, 0.717) is 6.04 Å². The smallest absolute Gasteiger partial charge is 0.260 e. The van der Waals surface area contributed by atoms with Crippen molar-refractivity contribution in [3.63, 3.8) is 0 Å². The van der Waals surface area contributed by atoms with E-state index in [2.05, 4.69) is 17.4 Å². The molecule has 2 aromatic rings. The SMILES string of the molecule is C[C@@H](Oc1ccc(-c2ccccc2)cc1)C(=O)NC1CCCC1. The summed E-state index contributed by atoms with van der Waals surface area (Å²) in [5.74, 6) is 0.697. The van der Waals surface area contributed by atoms with Crippen molar-refractivity contribution < 1.29 is 9.53 Å². The number of rotatable bonds is 5. The van der Waals surface area contributed by atoms with Gasteiger partial charge in [-0.3, -0.25) is 4.79 Å². The molecule has 1 aliphatic carbocycles. The van der Waals surface area contributed by atoms with Gasteiger partial charge in [-0.05, 0) is 43.0 Å². The van der Waals surface area contributed by atoms with Crippen LogP contribution in [0.4, 0.5) is 0 Å². The van der Waals surface area contributed by atoms with Crippen LogP contribution in [0.3, 0.4) is 0 Å². The maximum atomic E-state index is 12.2. The average molecular weight is 309 g/mol. The summed E-state index contributed by atoms with van der Waals surface area (Å²) in [5, 5.41) is 3.07. The second-order valence-electron chi connectivity index (χ2n) is 6.14. The maximum absolute atomic E-state index is 12.2. The highest BCUT2D eigenvalue weighted by molar-refractivity contribution is 5.81. The first-order valence-electron chi connectivity index (χ1n) is 8.35. The molecule has 0 aliphatic heterocycles. The molecule has 1 N–H and O–H groups in total. The van der Waals surface area contributed by atoms with E-state index in [0.717, 1.165) is 24.2 Å². The molecule has 0 spiro atoms. The summed E-state index contributed by atoms with van der Waals surface area (Å²) in [6.45, 7) is 1.80. The normalized spacial score (nSPS) is 16.0. The predicted octanol–water partition coefficient (Wildman–Crippen LogP) is 4.18. The Hall–Kier alpha value is -2.29. The number of carbonyl (C=O) groups excluding carboxylic acids is 1. The fraction of sp³-hybridized carbons (Fsp3) is 0.350. The van der Waals surface area contributed by atoms with Gasteiger partial charge in [-0.1, -0.05) is 55.3 Å². The van der Waals surface area contributed by atoms with E-state index >= 15 is 0 Å². The van der Waals surface area contributed by atoms with Crippen molar-refractivity contribution in [2.75, 3.05) is 0 Å². The zero-order chi connectivity index (χ0) is 16.1. The first-order valence-corrected chi connectivity index (χ1v) is 8.35. The molecule has 1 atom stereocenters. The topological polar surface area (TPSA) is 38.3 Å². The summed E-state index contributed by atoms with van der Waals surface area (Å²) >= 11 is 0. The molecule has 23 heavy (non-hydrogen) atoms. The van der Waals surface area contributed by atoms with Gasteiger partial charge in [0.1, 0.15) is 5.75 Å². The van der Waals surface area contributed by atoms with Crippen molar-refractivity contribution in [1.29, 1.82) is 0 Å². The van der Waals surface area contributed by atoms with Crippen LogP contribution in [0.1, 0.15) is 32.6 Å². The van der Waals surface area contributed by atoms with Gasteiger partial charge in [-0.2, -0.15) is 0 Å². The molecule has 0 bridgehead atoms. The summed E-state index contributed by atoms with van der Waals surface area (Å²) < 4.78 is 5.77. The van der Waals surface area contributed by atoms with Crippen LogP contribution in [0, 0.1) is 0 Å². The number of benzene rings is 2. The van der Waals surface area contributed by atoms with Gasteiger partial charge in [0.25, 0.3) is 5.91 Å². The van der Waals surface area contributed by atoms with E-state index in [1.54, 1.807) is 6.92 Å². The van der Waals surface area contributed by atoms with E-state index in [1.165, 1.54) is 18.4 Å². The van der Waals surface area contributed by atoms with Gasteiger partial charge in [-0.15, -0.1) is 0 Å². The highest BCUT2D eigenvalue weighted by atomic mass is 16.5. The van der Waals surface area contributed by atoms with Crippen LogP contribution in [0.5, 0.6) is 5.75 Å². The summed E-state index contributed by atoms with van der Waals surface area (Å²) in [7, 11) is 0. The molecule has 0 aromatic heterocycles. The third-order valence-corrected chi connectivity index (χ3v) is 4.35. The first-order chi connectivity index (χ1) is 11.2. The quantitative estimate of drug-likeness (QED) is 0.900. The molecule has 2 aromatic carbocycles. The van der Waals surface area contributed by atoms with Crippen LogP contribution in [0.15, 0.2) is 54.6 Å². The van der Waals surface area contributed by atoms with Crippen molar-refractivity contribution in [3.8, 4) is 16.9 Å². The molecule has 3 nitrogen and oxygen atoms in total. The zero-order valence-corrected chi connectivity index (χ0v) is 13.5. The summed E-state index contributed by atoms with van der Waals surface area (Å²) in [5.41, 5.74) is 2.31. The fourth-order valence-corrected chi connectivity index (χ4v) is 3.00. The van der Waals surface area contributed by atoms with Crippen molar-refractivity contribution in [2.24, 2.45) is 0 Å². The lowest BCUT2D eigenvalue weighted by atomic mass is 10.1. The minimum atomic E-state index is -0.474. The zero-order valence-electron chi connectivity index (χ0n) is 13.5. The molecule has 0 unspecified atom stereocenters. The Labute approximate surface area is 137 Å². The Kier molecular flexibility index (Phi) is 4.96. The molecule has 1 aliphatic rings. The second-order valence-corrected chi connectivity index (χ2v) is 6.14. The third kappa shape index (κ3) is 4.13. The van der Waals surface area contributed by atoms with Gasteiger partial charge >= 0.3 is 0 Å². The Morgan fingerprint density at radius 3 is 2.26 bits per heavy atom. The number of ether oxygens (including phenoxy) is 1. The van der Waals surface area contributed by atoms with Crippen molar-refractivity contribution in [1.82, 2.24) is 5.32 Å². The number of nitrogens with one attached hydrogen (secondary N) is 1. The molecule has 3 heteroatoms. The monoisotopic (exact) mass is 309 g/mol. The molecule has 120 valence electrons. The molecular weight excluding hydrogens is 286 g/mol. The second kappa shape index (κ2) is 7.32. The first kappa shape index (κ1) is 15.6. The lowest BCUT2D eigenvalue weighted by molar-refractivity contribution is -0.127. The van der Waals surface area contributed by atoms with Crippen molar-refractivity contribution >= 4 is 5.91 Å². The Balaban J connectivity index is 1.58. The maximum Gasteiger partial charge on any atom is 0.260 e. The Morgan fingerprint density at radius 1 is 1.00 bits per heavy atom. The lowest BCUT2D eigenvalue weighted by Crippen LogP contribution is -2.41. The largest absolute Gasteiger partial charge is 0.481 e. The molecule has 3 rings (SSSR count). The number of amides is 1. The van der Waals surface area contributed by atoms with Gasteiger partial charge in [0.2, 0.25) is 0 Å². The highest BCUT2D eigenvalue weighted by Gasteiger charge is 2.21. The van der Waals surface area contributed by atoms with E-state index in [4.69, 9.17) is 4.74 Å². The minimum absolute atomic E-state index is 0.0240.